The van der Waals surface area contributed by atoms with Gasteiger partial charge in [-0.15, -0.1) is 10.2 Å². The SMILES string of the molecule is CCN(CC(C)(C)C1OC1(C)NC[I-]c1ccc(C2(C(F)(F)F)N=N2)cc1)c1ccc(C2(C(F)(F)F)N=N2)cc1. The van der Waals surface area contributed by atoms with Crippen molar-refractivity contribution in [2.75, 3.05) is 22.5 Å². The Morgan fingerprint density at radius 1 is 0.850 bits per heavy atom. The molecule has 3 aliphatic heterocycles. The van der Waals surface area contributed by atoms with Gasteiger partial charge >= 0.3 is 215 Å². The summed E-state index contributed by atoms with van der Waals surface area (Å²) >= 11 is -0.527. The second kappa shape index (κ2) is 9.61. The van der Waals surface area contributed by atoms with E-state index < -0.39 is 50.6 Å². The second-order valence-electron chi connectivity index (χ2n) is 10.8. The van der Waals surface area contributed by atoms with Crippen LogP contribution in [0.15, 0.2) is 69.0 Å². The van der Waals surface area contributed by atoms with Crippen LogP contribution in [0.2, 0.25) is 0 Å². The predicted molar refractivity (Wildman–Crippen MR) is 130 cm³/mol. The van der Waals surface area contributed by atoms with Crippen LogP contribution in [0.1, 0.15) is 38.8 Å². The summed E-state index contributed by atoms with van der Waals surface area (Å²) in [6, 6.07) is 12.4. The third kappa shape index (κ3) is 5.22. The normalized spacial score (nSPS) is 24.3. The van der Waals surface area contributed by atoms with E-state index in [0.717, 1.165) is 9.26 Å². The monoisotopic (exact) mass is 681 g/mol. The minimum absolute atomic E-state index is 0.00305. The van der Waals surface area contributed by atoms with Crippen LogP contribution < -0.4 is 31.4 Å². The fourth-order valence-electron chi connectivity index (χ4n) is 5.02. The molecule has 2 aromatic carbocycles. The molecule has 3 heterocycles. The Kier molecular flexibility index (Phi) is 7.01. The Hall–Kier alpha value is -2.33. The summed E-state index contributed by atoms with van der Waals surface area (Å²) in [7, 11) is 0. The summed E-state index contributed by atoms with van der Waals surface area (Å²) in [5.74, 6) is 0. The second-order valence-corrected chi connectivity index (χ2v) is 13.6. The van der Waals surface area contributed by atoms with Crippen LogP contribution >= 0.6 is 0 Å². The predicted octanol–water partition coefficient (Wildman–Crippen LogP) is 3.52. The standard InChI is InChI=1S/C26H28F6IN6O/c1-5-39(19-12-8-17(9-13-19)24(37-38-24)26(30,31)32)14-21(2,3)20-22(4,40-20)34-15-33-18-10-6-16(7-11-18)23(35-36-23)25(27,28)29/h6-13,20,34H,5,14-15H2,1-4H3/q-1. The number of ether oxygens (including phenoxy) is 1. The molecule has 40 heavy (non-hydrogen) atoms. The van der Waals surface area contributed by atoms with Crippen molar-refractivity contribution in [3.05, 3.63) is 63.2 Å². The molecular formula is C26H28F6IN6O-. The summed E-state index contributed by atoms with van der Waals surface area (Å²) in [5, 5.41) is 16.5. The van der Waals surface area contributed by atoms with Gasteiger partial charge in [0.2, 0.25) is 0 Å². The summed E-state index contributed by atoms with van der Waals surface area (Å²) in [6.07, 6.45) is -9.21. The van der Waals surface area contributed by atoms with Gasteiger partial charge in [-0.3, -0.25) is 0 Å². The number of alkyl halides is 7. The zero-order valence-corrected chi connectivity index (χ0v) is 24.3. The molecule has 2 atom stereocenters. The Balaban J connectivity index is 1.14. The van der Waals surface area contributed by atoms with Gasteiger partial charge in [-0.05, 0) is 0 Å². The van der Waals surface area contributed by atoms with E-state index in [-0.39, 0.29) is 22.6 Å². The number of rotatable bonds is 11. The zero-order chi connectivity index (χ0) is 29.2. The van der Waals surface area contributed by atoms with Gasteiger partial charge in [-0.1, -0.05) is 0 Å². The van der Waals surface area contributed by atoms with E-state index in [9.17, 15) is 26.3 Å². The molecule has 14 heteroatoms. The first-order valence-electron chi connectivity index (χ1n) is 12.6. The average molecular weight is 681 g/mol. The van der Waals surface area contributed by atoms with Crippen LogP contribution in [0.3, 0.4) is 0 Å². The topological polar surface area (TPSA) is 77.2 Å². The molecule has 0 aliphatic carbocycles. The van der Waals surface area contributed by atoms with E-state index in [2.05, 4.69) is 44.5 Å². The van der Waals surface area contributed by atoms with Gasteiger partial charge in [0.1, 0.15) is 0 Å². The molecule has 218 valence electrons. The number of hydrogen-bond acceptors (Lipinski definition) is 7. The molecule has 3 aliphatic rings. The van der Waals surface area contributed by atoms with Gasteiger partial charge in [-0.25, -0.2) is 0 Å². The summed E-state index contributed by atoms with van der Waals surface area (Å²) in [5.41, 5.74) is -4.87. The average Bonchev–Trinajstić information content (AvgIpc) is 3.75. The maximum atomic E-state index is 13.3. The van der Waals surface area contributed by atoms with Gasteiger partial charge in [0, 0.05) is 0 Å². The number of halogens is 7. The number of hydrogen-bond donors (Lipinski definition) is 1. The van der Waals surface area contributed by atoms with Gasteiger partial charge < -0.3 is 0 Å². The summed E-state index contributed by atoms with van der Waals surface area (Å²) < 4.78 is 87.3. The van der Waals surface area contributed by atoms with Gasteiger partial charge in [-0.2, -0.15) is 13.2 Å². The molecule has 0 bridgehead atoms. The first-order valence-corrected chi connectivity index (χ1v) is 15.2. The number of anilines is 1. The van der Waals surface area contributed by atoms with Crippen molar-refractivity contribution in [1.82, 2.24) is 5.32 Å². The van der Waals surface area contributed by atoms with Crippen molar-refractivity contribution in [1.29, 1.82) is 0 Å². The zero-order valence-electron chi connectivity index (χ0n) is 22.1. The fourth-order valence-corrected chi connectivity index (χ4v) is 7.27. The fraction of sp³-hybridized carbons (Fsp3) is 0.538. The van der Waals surface area contributed by atoms with Crippen LogP contribution in [-0.2, 0) is 16.1 Å². The molecule has 5 rings (SSSR count). The molecule has 2 aromatic rings. The Bertz CT molecular complexity index is 1300. The Morgan fingerprint density at radius 2 is 1.32 bits per heavy atom. The van der Waals surface area contributed by atoms with E-state index in [4.69, 9.17) is 4.74 Å². The van der Waals surface area contributed by atoms with Gasteiger partial charge in [0.25, 0.3) is 0 Å². The molecular weight excluding hydrogens is 653 g/mol. The molecule has 1 N–H and O–H groups in total. The summed E-state index contributed by atoms with van der Waals surface area (Å²) in [6.45, 7) is 9.38. The molecule has 0 aromatic heterocycles. The van der Waals surface area contributed by atoms with E-state index >= 15 is 0 Å². The Labute approximate surface area is 237 Å². The quantitative estimate of drug-likeness (QED) is 0.130. The molecule has 0 radical (unpaired) electrons. The molecule has 7 nitrogen and oxygen atoms in total. The first kappa shape index (κ1) is 29.2. The number of nitrogens with zero attached hydrogens (tertiary/aromatic N) is 5. The van der Waals surface area contributed by atoms with Crippen molar-refractivity contribution < 1.29 is 52.3 Å². The third-order valence-electron chi connectivity index (χ3n) is 7.41. The van der Waals surface area contributed by atoms with Crippen LogP contribution in [0, 0.1) is 8.99 Å². The summed E-state index contributed by atoms with van der Waals surface area (Å²) in [4.78, 5) is 2.09. The van der Waals surface area contributed by atoms with E-state index in [1.807, 2.05) is 13.8 Å². The van der Waals surface area contributed by atoms with Crippen LogP contribution in [0.4, 0.5) is 32.0 Å². The molecule has 1 saturated heterocycles. The maximum absolute atomic E-state index is 13.3. The first-order chi connectivity index (χ1) is 18.6. The van der Waals surface area contributed by atoms with E-state index in [1.165, 1.54) is 24.3 Å². The van der Waals surface area contributed by atoms with Crippen molar-refractivity contribution in [3.63, 3.8) is 0 Å². The number of benzene rings is 2. The van der Waals surface area contributed by atoms with Crippen molar-refractivity contribution in [2.24, 2.45) is 25.9 Å². The van der Waals surface area contributed by atoms with Crippen LogP contribution in [-0.4, -0.2) is 41.8 Å². The molecule has 0 amide bonds. The van der Waals surface area contributed by atoms with E-state index in [0.29, 0.717) is 17.6 Å². The number of nitrogens with one attached hydrogen (secondary N) is 1. The van der Waals surface area contributed by atoms with E-state index in [1.54, 1.807) is 24.3 Å². The van der Waals surface area contributed by atoms with Gasteiger partial charge in [0.15, 0.2) is 0 Å². The van der Waals surface area contributed by atoms with Crippen LogP contribution in [0.25, 0.3) is 0 Å². The molecule has 0 saturated carbocycles. The molecule has 0 spiro atoms. The van der Waals surface area contributed by atoms with Crippen molar-refractivity contribution in [2.45, 2.75) is 63.2 Å². The number of epoxide rings is 1. The van der Waals surface area contributed by atoms with Crippen molar-refractivity contribution >= 4 is 5.69 Å². The van der Waals surface area contributed by atoms with Crippen molar-refractivity contribution in [3.8, 4) is 0 Å². The molecule has 2 unspecified atom stereocenters. The Morgan fingerprint density at radius 3 is 1.75 bits per heavy atom. The minimum atomic E-state index is -4.56. The molecule has 1 fully saturated rings. The third-order valence-corrected chi connectivity index (χ3v) is 9.77. The van der Waals surface area contributed by atoms with Gasteiger partial charge in [0.05, 0.1) is 0 Å². The van der Waals surface area contributed by atoms with Crippen LogP contribution in [0.5, 0.6) is 0 Å².